The van der Waals surface area contributed by atoms with Gasteiger partial charge in [-0.15, -0.1) is 0 Å². The molecule has 0 unspecified atom stereocenters. The monoisotopic (exact) mass is 411 g/mol. The predicted molar refractivity (Wildman–Crippen MR) is 103 cm³/mol. The minimum atomic E-state index is -0.698. The Labute approximate surface area is 166 Å². The predicted octanol–water partition coefficient (Wildman–Crippen LogP) is 2.97. The van der Waals surface area contributed by atoms with E-state index in [1.807, 2.05) is 6.92 Å². The third-order valence-corrected chi connectivity index (χ3v) is 4.65. The highest BCUT2D eigenvalue weighted by molar-refractivity contribution is 7.99. The van der Waals surface area contributed by atoms with Gasteiger partial charge in [0.2, 0.25) is 11.7 Å². The Morgan fingerprint density at radius 3 is 2.61 bits per heavy atom. The number of rotatable bonds is 9. The van der Waals surface area contributed by atoms with E-state index in [0.717, 1.165) is 11.8 Å². The van der Waals surface area contributed by atoms with Crippen LogP contribution < -0.4 is 14.8 Å². The molecule has 2 aromatic rings. The Balaban J connectivity index is 2.07. The maximum atomic E-state index is 14.2. The number of halogens is 1. The summed E-state index contributed by atoms with van der Waals surface area (Å²) in [5.41, 5.74) is 0.378. The van der Waals surface area contributed by atoms with E-state index < -0.39 is 11.8 Å². The first kappa shape index (κ1) is 21.5. The lowest BCUT2D eigenvalue weighted by molar-refractivity contribution is -0.113. The highest BCUT2D eigenvalue weighted by Crippen LogP contribution is 2.34. The Kier molecular flexibility index (Phi) is 7.68. The van der Waals surface area contributed by atoms with Crippen molar-refractivity contribution >= 4 is 29.3 Å². The molecule has 0 aliphatic heterocycles. The number of hydrogen-bond acceptors (Lipinski definition) is 7. The Hall–Kier alpha value is -2.75. The van der Waals surface area contributed by atoms with Gasteiger partial charge in [0.1, 0.15) is 0 Å². The van der Waals surface area contributed by atoms with Crippen molar-refractivity contribution in [3.8, 4) is 11.5 Å². The van der Waals surface area contributed by atoms with Crippen molar-refractivity contribution in [1.82, 2.24) is 9.55 Å². The van der Waals surface area contributed by atoms with Crippen molar-refractivity contribution in [3.63, 3.8) is 0 Å². The number of aryl methyl sites for hydroxylation is 1. The molecule has 0 spiro atoms. The van der Waals surface area contributed by atoms with Crippen LogP contribution in [0.25, 0.3) is 0 Å². The van der Waals surface area contributed by atoms with Gasteiger partial charge in [-0.3, -0.25) is 4.79 Å². The number of imidazole rings is 1. The number of anilines is 1. The molecule has 1 amide bonds. The molecule has 1 heterocycles. The average Bonchev–Trinajstić information content (AvgIpc) is 3.10. The van der Waals surface area contributed by atoms with Gasteiger partial charge in [0.05, 0.1) is 32.3 Å². The Bertz CT molecular complexity index is 856. The van der Waals surface area contributed by atoms with Crippen LogP contribution in [0, 0.1) is 5.82 Å². The molecule has 1 aromatic heterocycles. The van der Waals surface area contributed by atoms with Gasteiger partial charge < -0.3 is 24.1 Å². The first-order chi connectivity index (χ1) is 13.4. The van der Waals surface area contributed by atoms with Crippen LogP contribution in [0.4, 0.5) is 10.1 Å². The molecule has 0 aliphatic carbocycles. The number of methoxy groups -OCH3 is 2. The van der Waals surface area contributed by atoms with Crippen molar-refractivity contribution < 1.29 is 28.2 Å². The van der Waals surface area contributed by atoms with Crippen LogP contribution in [0.15, 0.2) is 23.5 Å². The van der Waals surface area contributed by atoms with Crippen molar-refractivity contribution in [2.24, 2.45) is 0 Å². The molecule has 28 heavy (non-hydrogen) atoms. The fraction of sp³-hybridized carbons (Fsp3) is 0.389. The normalized spacial score (nSPS) is 10.5. The van der Waals surface area contributed by atoms with Crippen LogP contribution in [-0.2, 0) is 16.1 Å². The number of nitrogens with one attached hydrogen (secondary N) is 1. The fourth-order valence-electron chi connectivity index (χ4n) is 2.35. The highest BCUT2D eigenvalue weighted by atomic mass is 32.2. The van der Waals surface area contributed by atoms with Crippen LogP contribution in [-0.4, -0.2) is 48.0 Å². The quantitative estimate of drug-likeness (QED) is 0.501. The molecule has 1 N–H and O–H groups in total. The average molecular weight is 411 g/mol. The summed E-state index contributed by atoms with van der Waals surface area (Å²) in [6, 6.07) is 2.89. The first-order valence-corrected chi connectivity index (χ1v) is 9.51. The zero-order valence-corrected chi connectivity index (χ0v) is 16.9. The number of hydrogen-bond donors (Lipinski definition) is 1. The lowest BCUT2D eigenvalue weighted by Crippen LogP contribution is -2.15. The Morgan fingerprint density at radius 1 is 1.25 bits per heavy atom. The molecule has 0 fully saturated rings. The molecule has 8 nitrogen and oxygen atoms in total. The number of nitrogens with zero attached hydrogens (tertiary/aromatic N) is 2. The van der Waals surface area contributed by atoms with Crippen LogP contribution in [0.1, 0.15) is 24.3 Å². The number of carbonyl (C=O) groups is 2. The van der Waals surface area contributed by atoms with Gasteiger partial charge in [0.25, 0.3) is 0 Å². The van der Waals surface area contributed by atoms with E-state index >= 15 is 0 Å². The van der Waals surface area contributed by atoms with Gasteiger partial charge in [-0.2, -0.15) is 4.39 Å². The van der Waals surface area contributed by atoms with E-state index in [2.05, 4.69) is 10.3 Å². The second-order valence-electron chi connectivity index (χ2n) is 5.41. The summed E-state index contributed by atoms with van der Waals surface area (Å²) in [5.74, 6) is -1.68. The molecule has 1 aromatic carbocycles. The highest BCUT2D eigenvalue weighted by Gasteiger charge is 2.18. The van der Waals surface area contributed by atoms with Crippen LogP contribution in [0.3, 0.4) is 0 Å². The van der Waals surface area contributed by atoms with Crippen LogP contribution >= 0.6 is 11.8 Å². The summed E-state index contributed by atoms with van der Waals surface area (Å²) < 4.78 is 30.8. The van der Waals surface area contributed by atoms with Crippen molar-refractivity contribution in [1.29, 1.82) is 0 Å². The SMILES string of the molecule is CCOC(=O)c1cn(CC)c(SCC(=O)Nc2ccc(OC)c(F)c2OC)n1. The summed E-state index contributed by atoms with van der Waals surface area (Å²) in [5, 5.41) is 3.11. The smallest absolute Gasteiger partial charge is 0.358 e. The number of amides is 1. The molecule has 152 valence electrons. The van der Waals surface area contributed by atoms with Crippen LogP contribution in [0.2, 0.25) is 0 Å². The Morgan fingerprint density at radius 2 is 2.00 bits per heavy atom. The third kappa shape index (κ3) is 4.94. The topological polar surface area (TPSA) is 91.7 Å². The summed E-state index contributed by atoms with van der Waals surface area (Å²) in [6.07, 6.45) is 1.58. The molecule has 2 rings (SSSR count). The number of carbonyl (C=O) groups excluding carboxylic acids is 2. The first-order valence-electron chi connectivity index (χ1n) is 8.52. The largest absolute Gasteiger partial charge is 0.494 e. The van der Waals surface area contributed by atoms with Gasteiger partial charge in [0.15, 0.2) is 22.3 Å². The lowest BCUT2D eigenvalue weighted by Gasteiger charge is -2.13. The van der Waals surface area contributed by atoms with E-state index in [1.165, 1.54) is 26.4 Å². The zero-order chi connectivity index (χ0) is 20.7. The van der Waals surface area contributed by atoms with Crippen molar-refractivity contribution in [2.75, 3.05) is 31.9 Å². The molecule has 10 heteroatoms. The number of ether oxygens (including phenoxy) is 3. The number of aromatic nitrogens is 2. The molecule has 0 radical (unpaired) electrons. The van der Waals surface area contributed by atoms with E-state index in [9.17, 15) is 14.0 Å². The standard InChI is InChI=1S/C18H22FN3O5S/c1-5-22-9-12(17(24)27-6-2)21-18(22)28-10-14(23)20-11-7-8-13(25-3)15(19)16(11)26-4/h7-9H,5-6,10H2,1-4H3,(H,20,23). The second-order valence-corrected chi connectivity index (χ2v) is 6.36. The summed E-state index contributed by atoms with van der Waals surface area (Å²) in [6.45, 7) is 4.44. The van der Waals surface area contributed by atoms with Crippen molar-refractivity contribution in [3.05, 3.63) is 29.8 Å². The van der Waals surface area contributed by atoms with Crippen LogP contribution in [0.5, 0.6) is 11.5 Å². The van der Waals surface area contributed by atoms with Gasteiger partial charge in [-0.1, -0.05) is 11.8 Å². The lowest BCUT2D eigenvalue weighted by atomic mass is 10.2. The fourth-order valence-corrected chi connectivity index (χ4v) is 3.20. The molecule has 0 aliphatic rings. The number of esters is 1. The molecule has 0 bridgehead atoms. The van der Waals surface area contributed by atoms with Gasteiger partial charge in [-0.05, 0) is 26.0 Å². The minimum Gasteiger partial charge on any atom is -0.494 e. The number of benzene rings is 1. The van der Waals surface area contributed by atoms with Gasteiger partial charge in [-0.25, -0.2) is 9.78 Å². The molecule has 0 atom stereocenters. The second kappa shape index (κ2) is 9.98. The maximum Gasteiger partial charge on any atom is 0.358 e. The maximum absolute atomic E-state index is 14.2. The van der Waals surface area contributed by atoms with Gasteiger partial charge in [0, 0.05) is 12.7 Å². The summed E-state index contributed by atoms with van der Waals surface area (Å²) >= 11 is 1.15. The number of thioether (sulfide) groups is 1. The molecular formula is C18H22FN3O5S. The summed E-state index contributed by atoms with van der Waals surface area (Å²) in [7, 11) is 2.64. The van der Waals surface area contributed by atoms with E-state index in [1.54, 1.807) is 17.7 Å². The van der Waals surface area contributed by atoms with Gasteiger partial charge >= 0.3 is 5.97 Å². The third-order valence-electron chi connectivity index (χ3n) is 3.66. The molecular weight excluding hydrogens is 389 g/mol. The van der Waals surface area contributed by atoms with E-state index in [-0.39, 0.29) is 41.1 Å². The van der Waals surface area contributed by atoms with E-state index in [4.69, 9.17) is 14.2 Å². The minimum absolute atomic E-state index is 0.0100. The molecule has 0 saturated heterocycles. The van der Waals surface area contributed by atoms with E-state index in [0.29, 0.717) is 11.7 Å². The zero-order valence-electron chi connectivity index (χ0n) is 16.1. The summed E-state index contributed by atoms with van der Waals surface area (Å²) in [4.78, 5) is 28.3. The van der Waals surface area contributed by atoms with Crippen molar-refractivity contribution in [2.45, 2.75) is 25.5 Å². The molecule has 0 saturated carbocycles.